The third kappa shape index (κ3) is 4.30. The van der Waals surface area contributed by atoms with Gasteiger partial charge in [-0.25, -0.2) is 4.79 Å². The van der Waals surface area contributed by atoms with Gasteiger partial charge in [-0.1, -0.05) is 42.5 Å². The van der Waals surface area contributed by atoms with Gasteiger partial charge in [-0.05, 0) is 42.0 Å². The van der Waals surface area contributed by atoms with Crippen LogP contribution < -0.4 is 16.4 Å². The highest BCUT2D eigenvalue weighted by molar-refractivity contribution is 5.96. The smallest absolute Gasteiger partial charge is 0.408 e. The van der Waals surface area contributed by atoms with Crippen LogP contribution in [-0.2, 0) is 17.9 Å². The molecule has 4 rings (SSSR count). The van der Waals surface area contributed by atoms with E-state index in [2.05, 4.69) is 10.6 Å². The number of rotatable bonds is 6. The average molecular weight is 401 g/mol. The Morgan fingerprint density at radius 3 is 2.33 bits per heavy atom. The van der Waals surface area contributed by atoms with Crippen molar-refractivity contribution in [3.63, 3.8) is 0 Å². The number of aromatic nitrogens is 1. The van der Waals surface area contributed by atoms with Crippen LogP contribution >= 0.6 is 0 Å². The lowest BCUT2D eigenvalue weighted by atomic mass is 10.1. The van der Waals surface area contributed by atoms with Crippen LogP contribution in [0.2, 0.25) is 0 Å². The second-order valence-electron chi connectivity index (χ2n) is 6.72. The fraction of sp³-hybridized carbons (Fsp3) is 0.0870. The first kappa shape index (κ1) is 19.2. The molecule has 1 heterocycles. The monoisotopic (exact) mass is 401 g/mol. The van der Waals surface area contributed by atoms with Crippen molar-refractivity contribution in [2.24, 2.45) is 0 Å². The molecular formula is C23H19N3O4. The number of oxazole rings is 1. The van der Waals surface area contributed by atoms with Gasteiger partial charge in [-0.15, -0.1) is 0 Å². The summed E-state index contributed by atoms with van der Waals surface area (Å²) in [4.78, 5) is 36.6. The Labute approximate surface area is 171 Å². The first-order valence-electron chi connectivity index (χ1n) is 9.40. The number of benzene rings is 3. The molecule has 0 radical (unpaired) electrons. The third-order valence-corrected chi connectivity index (χ3v) is 4.60. The zero-order valence-corrected chi connectivity index (χ0v) is 16.0. The zero-order chi connectivity index (χ0) is 20.9. The van der Waals surface area contributed by atoms with Gasteiger partial charge in [0.15, 0.2) is 5.58 Å². The molecule has 4 aromatic rings. The number of fused-ring (bicyclic) bond motifs is 1. The summed E-state index contributed by atoms with van der Waals surface area (Å²) in [5, 5.41) is 5.58. The molecule has 0 aliphatic carbocycles. The molecule has 3 aromatic carbocycles. The number of nitrogens with one attached hydrogen (secondary N) is 2. The fourth-order valence-corrected chi connectivity index (χ4v) is 3.09. The van der Waals surface area contributed by atoms with E-state index in [4.69, 9.17) is 4.42 Å². The highest BCUT2D eigenvalue weighted by atomic mass is 16.4. The number of hydrogen-bond acceptors (Lipinski definition) is 4. The lowest BCUT2D eigenvalue weighted by Gasteiger charge is -2.08. The van der Waals surface area contributed by atoms with Crippen molar-refractivity contribution in [3.8, 4) is 0 Å². The van der Waals surface area contributed by atoms with Gasteiger partial charge >= 0.3 is 5.76 Å². The standard InChI is InChI=1S/C23H19N3O4/c27-21(15-26-19-8-4-5-9-20(19)30-23(26)29)25-18-12-10-17(11-13-18)22(28)24-14-16-6-2-1-3-7-16/h1-13H,14-15H2,(H,24,28)(H,25,27). The molecule has 0 atom stereocenters. The first-order chi connectivity index (χ1) is 14.6. The summed E-state index contributed by atoms with van der Waals surface area (Å²) in [5.74, 6) is -1.16. The van der Waals surface area contributed by atoms with Crippen molar-refractivity contribution in [1.29, 1.82) is 0 Å². The van der Waals surface area contributed by atoms with Gasteiger partial charge in [-0.3, -0.25) is 14.2 Å². The Kier molecular flexibility index (Phi) is 5.43. The summed E-state index contributed by atoms with van der Waals surface area (Å²) in [5.41, 5.74) is 3.02. The van der Waals surface area contributed by atoms with Gasteiger partial charge < -0.3 is 15.1 Å². The number of anilines is 1. The molecule has 0 aliphatic heterocycles. The van der Waals surface area contributed by atoms with E-state index in [1.54, 1.807) is 48.5 Å². The molecule has 7 nitrogen and oxygen atoms in total. The minimum absolute atomic E-state index is 0.171. The van der Waals surface area contributed by atoms with Crippen molar-refractivity contribution in [2.75, 3.05) is 5.32 Å². The van der Waals surface area contributed by atoms with Gasteiger partial charge in [0.05, 0.1) is 5.52 Å². The van der Waals surface area contributed by atoms with Gasteiger partial charge in [0.2, 0.25) is 5.91 Å². The maximum atomic E-state index is 12.4. The maximum absolute atomic E-state index is 12.4. The number of carbonyl (C=O) groups is 2. The predicted molar refractivity (Wildman–Crippen MR) is 113 cm³/mol. The lowest BCUT2D eigenvalue weighted by Crippen LogP contribution is -2.25. The molecule has 0 unspecified atom stereocenters. The van der Waals surface area contributed by atoms with Crippen LogP contribution in [0.15, 0.2) is 88.1 Å². The van der Waals surface area contributed by atoms with Crippen molar-refractivity contribution >= 4 is 28.6 Å². The minimum Gasteiger partial charge on any atom is -0.408 e. The van der Waals surface area contributed by atoms with E-state index in [1.807, 2.05) is 30.3 Å². The van der Waals surface area contributed by atoms with Gasteiger partial charge in [-0.2, -0.15) is 0 Å². The van der Waals surface area contributed by atoms with Crippen LogP contribution in [0.5, 0.6) is 0 Å². The molecule has 0 fully saturated rings. The Bertz CT molecular complexity index is 1240. The van der Waals surface area contributed by atoms with Gasteiger partial charge in [0, 0.05) is 17.8 Å². The van der Waals surface area contributed by atoms with Crippen LogP contribution in [0.4, 0.5) is 5.69 Å². The summed E-state index contributed by atoms with van der Waals surface area (Å²) in [6.07, 6.45) is 0. The molecule has 30 heavy (non-hydrogen) atoms. The maximum Gasteiger partial charge on any atom is 0.420 e. The second kappa shape index (κ2) is 8.48. The van der Waals surface area contributed by atoms with E-state index >= 15 is 0 Å². The van der Waals surface area contributed by atoms with Crippen LogP contribution in [0, 0.1) is 0 Å². The Hall–Kier alpha value is -4.13. The van der Waals surface area contributed by atoms with Crippen LogP contribution in [0.1, 0.15) is 15.9 Å². The average Bonchev–Trinajstić information content (AvgIpc) is 3.08. The van der Waals surface area contributed by atoms with Crippen molar-refractivity contribution in [2.45, 2.75) is 13.1 Å². The third-order valence-electron chi connectivity index (χ3n) is 4.60. The van der Waals surface area contributed by atoms with E-state index < -0.39 is 5.76 Å². The van der Waals surface area contributed by atoms with E-state index in [9.17, 15) is 14.4 Å². The van der Waals surface area contributed by atoms with Crippen LogP contribution in [0.25, 0.3) is 11.1 Å². The summed E-state index contributed by atoms with van der Waals surface area (Å²) in [6, 6.07) is 23.1. The topological polar surface area (TPSA) is 93.3 Å². The number of para-hydroxylation sites is 2. The predicted octanol–water partition coefficient (Wildman–Crippen LogP) is 3.16. The first-order valence-corrected chi connectivity index (χ1v) is 9.40. The fourth-order valence-electron chi connectivity index (χ4n) is 3.09. The Balaban J connectivity index is 1.37. The minimum atomic E-state index is -0.586. The molecular weight excluding hydrogens is 382 g/mol. The molecule has 2 amide bonds. The highest BCUT2D eigenvalue weighted by Crippen LogP contribution is 2.13. The number of carbonyl (C=O) groups excluding carboxylic acids is 2. The molecule has 2 N–H and O–H groups in total. The lowest BCUT2D eigenvalue weighted by molar-refractivity contribution is -0.116. The number of hydrogen-bond donors (Lipinski definition) is 2. The molecule has 0 saturated heterocycles. The van der Waals surface area contributed by atoms with Gasteiger partial charge in [0.1, 0.15) is 6.54 Å². The molecule has 0 bridgehead atoms. The van der Waals surface area contributed by atoms with E-state index in [1.165, 1.54) is 4.57 Å². The van der Waals surface area contributed by atoms with Crippen LogP contribution in [0.3, 0.4) is 0 Å². The Morgan fingerprint density at radius 2 is 1.57 bits per heavy atom. The number of nitrogens with zero attached hydrogens (tertiary/aromatic N) is 1. The molecule has 0 saturated carbocycles. The summed E-state index contributed by atoms with van der Waals surface area (Å²) < 4.78 is 6.40. The second-order valence-corrected chi connectivity index (χ2v) is 6.72. The van der Waals surface area contributed by atoms with Crippen molar-refractivity contribution in [1.82, 2.24) is 9.88 Å². The van der Waals surface area contributed by atoms with E-state index in [0.29, 0.717) is 28.9 Å². The summed E-state index contributed by atoms with van der Waals surface area (Å²) >= 11 is 0. The Morgan fingerprint density at radius 1 is 0.867 bits per heavy atom. The number of amides is 2. The molecule has 150 valence electrons. The molecule has 1 aromatic heterocycles. The van der Waals surface area contributed by atoms with E-state index in [0.717, 1.165) is 5.56 Å². The quantitative estimate of drug-likeness (QED) is 0.519. The van der Waals surface area contributed by atoms with Crippen LogP contribution in [-0.4, -0.2) is 16.4 Å². The normalized spacial score (nSPS) is 10.7. The van der Waals surface area contributed by atoms with Crippen molar-refractivity contribution < 1.29 is 14.0 Å². The largest absolute Gasteiger partial charge is 0.420 e. The van der Waals surface area contributed by atoms with Gasteiger partial charge in [0.25, 0.3) is 5.91 Å². The molecule has 0 spiro atoms. The van der Waals surface area contributed by atoms with E-state index in [-0.39, 0.29) is 18.4 Å². The zero-order valence-electron chi connectivity index (χ0n) is 16.0. The molecule has 7 heteroatoms. The highest BCUT2D eigenvalue weighted by Gasteiger charge is 2.13. The summed E-state index contributed by atoms with van der Waals surface area (Å²) in [7, 11) is 0. The summed E-state index contributed by atoms with van der Waals surface area (Å²) in [6.45, 7) is 0.265. The molecule has 0 aliphatic rings. The van der Waals surface area contributed by atoms with Crippen molar-refractivity contribution in [3.05, 3.63) is 101 Å². The SMILES string of the molecule is O=C(Cn1c(=O)oc2ccccc21)Nc1ccc(C(=O)NCc2ccccc2)cc1.